The number of carboxylic acids is 2. The lowest BCUT2D eigenvalue weighted by Crippen LogP contribution is -2.44. The van der Waals surface area contributed by atoms with E-state index >= 15 is 0 Å². The second kappa shape index (κ2) is 8.89. The van der Waals surface area contributed by atoms with E-state index in [4.69, 9.17) is 0 Å². The van der Waals surface area contributed by atoms with Gasteiger partial charge < -0.3 is 15.1 Å². The number of hydrogen-bond acceptors (Lipinski definition) is 4. The molecule has 1 aliphatic rings. The van der Waals surface area contributed by atoms with Crippen molar-refractivity contribution in [1.82, 2.24) is 4.90 Å². The fourth-order valence-electron chi connectivity index (χ4n) is 3.02. The number of hydrogen-bond donors (Lipinski definition) is 2. The lowest BCUT2D eigenvalue weighted by Gasteiger charge is -2.26. The van der Waals surface area contributed by atoms with Crippen molar-refractivity contribution in [3.05, 3.63) is 35.9 Å². The van der Waals surface area contributed by atoms with Gasteiger partial charge in [-0.05, 0) is 38.2 Å². The number of aliphatic carboxylic acids is 2. The first kappa shape index (κ1) is 19.3. The molecule has 1 aromatic rings. The van der Waals surface area contributed by atoms with Gasteiger partial charge in [-0.1, -0.05) is 30.3 Å². The third-order valence-corrected chi connectivity index (χ3v) is 5.73. The van der Waals surface area contributed by atoms with Gasteiger partial charge in [0.25, 0.3) is 0 Å². The lowest BCUT2D eigenvalue weighted by molar-refractivity contribution is -0.147. The van der Waals surface area contributed by atoms with E-state index in [2.05, 4.69) is 0 Å². The molecule has 0 aliphatic carbocycles. The number of carboxylic acid groups (broad SMARTS) is 2. The minimum atomic E-state index is -0.998. The van der Waals surface area contributed by atoms with Crippen LogP contribution in [0.3, 0.4) is 0 Å². The predicted molar refractivity (Wildman–Crippen MR) is 95.6 cm³/mol. The van der Waals surface area contributed by atoms with Crippen LogP contribution in [0.4, 0.5) is 0 Å². The summed E-state index contributed by atoms with van der Waals surface area (Å²) in [6.45, 7) is 2.07. The molecule has 2 rings (SSSR count). The van der Waals surface area contributed by atoms with E-state index in [-0.39, 0.29) is 5.91 Å². The molecule has 0 bridgehead atoms. The Morgan fingerprint density at radius 1 is 1.24 bits per heavy atom. The number of amides is 1. The Morgan fingerprint density at radius 3 is 2.52 bits per heavy atom. The average molecular weight is 365 g/mol. The summed E-state index contributed by atoms with van der Waals surface area (Å²) in [7, 11) is 0. The van der Waals surface area contributed by atoms with E-state index in [9.17, 15) is 24.6 Å². The van der Waals surface area contributed by atoms with Gasteiger partial charge in [0.2, 0.25) is 5.91 Å². The van der Waals surface area contributed by atoms with Gasteiger partial charge in [-0.2, -0.15) is 0 Å². The van der Waals surface area contributed by atoms with Crippen molar-refractivity contribution in [3.8, 4) is 0 Å². The van der Waals surface area contributed by atoms with Crippen LogP contribution in [0.1, 0.15) is 31.7 Å². The first-order valence-electron chi connectivity index (χ1n) is 8.35. The molecule has 0 radical (unpaired) electrons. The molecule has 25 heavy (non-hydrogen) atoms. The van der Waals surface area contributed by atoms with Crippen molar-refractivity contribution in [3.63, 3.8) is 0 Å². The molecule has 7 heteroatoms. The van der Waals surface area contributed by atoms with Crippen LogP contribution >= 0.6 is 11.8 Å². The topological polar surface area (TPSA) is 94.9 Å². The van der Waals surface area contributed by atoms with Gasteiger partial charge in [0.05, 0.1) is 5.25 Å². The number of rotatable bonds is 8. The maximum atomic E-state index is 12.5. The maximum Gasteiger partial charge on any atom is 0.326 e. The Bertz CT molecular complexity index is 621. The van der Waals surface area contributed by atoms with Gasteiger partial charge in [-0.15, -0.1) is 11.8 Å². The van der Waals surface area contributed by atoms with E-state index < -0.39 is 28.5 Å². The number of benzene rings is 1. The van der Waals surface area contributed by atoms with Crippen LogP contribution in [-0.4, -0.2) is 56.0 Å². The summed E-state index contributed by atoms with van der Waals surface area (Å²) < 4.78 is 0. The smallest absolute Gasteiger partial charge is 0.326 e. The molecule has 136 valence electrons. The molecular weight excluding hydrogens is 342 g/mol. The molecule has 1 amide bonds. The highest BCUT2D eigenvalue weighted by Gasteiger charge is 2.37. The second-order valence-corrected chi connectivity index (χ2v) is 7.71. The highest BCUT2D eigenvalue weighted by atomic mass is 32.2. The van der Waals surface area contributed by atoms with Crippen molar-refractivity contribution in [1.29, 1.82) is 0 Å². The van der Waals surface area contributed by atoms with Gasteiger partial charge in [-0.25, -0.2) is 4.79 Å². The van der Waals surface area contributed by atoms with Gasteiger partial charge in [0, 0.05) is 6.54 Å². The molecule has 0 saturated carbocycles. The Morgan fingerprint density at radius 2 is 1.92 bits per heavy atom. The van der Waals surface area contributed by atoms with Crippen molar-refractivity contribution >= 4 is 29.6 Å². The van der Waals surface area contributed by atoms with E-state index in [0.29, 0.717) is 32.2 Å². The second-order valence-electron chi connectivity index (χ2n) is 6.16. The first-order valence-corrected chi connectivity index (χ1v) is 9.30. The minimum absolute atomic E-state index is 0.291. The van der Waals surface area contributed by atoms with Crippen LogP contribution in [0.25, 0.3) is 0 Å². The minimum Gasteiger partial charge on any atom is -0.480 e. The number of thioether (sulfide) groups is 1. The van der Waals surface area contributed by atoms with Crippen LogP contribution < -0.4 is 0 Å². The molecule has 2 N–H and O–H groups in total. The first-order chi connectivity index (χ1) is 11.9. The van der Waals surface area contributed by atoms with Crippen LogP contribution in [0.5, 0.6) is 0 Å². The van der Waals surface area contributed by atoms with Crippen LogP contribution in [0, 0.1) is 0 Å². The Hall–Kier alpha value is -2.02. The summed E-state index contributed by atoms with van der Waals surface area (Å²) in [6, 6.07) is 8.82. The van der Waals surface area contributed by atoms with Gasteiger partial charge >= 0.3 is 11.9 Å². The summed E-state index contributed by atoms with van der Waals surface area (Å²) in [5, 5.41) is 17.4. The van der Waals surface area contributed by atoms with Crippen molar-refractivity contribution < 1.29 is 24.6 Å². The SMILES string of the molecule is CC(SC(CCc1ccccc1)C(=O)O)C(=O)N1CCC[C@H]1C(=O)O. The number of aryl methyl sites for hydroxylation is 1. The number of nitrogens with zero attached hydrogens (tertiary/aromatic N) is 1. The van der Waals surface area contributed by atoms with E-state index in [0.717, 1.165) is 17.3 Å². The number of carbonyl (C=O) groups excluding carboxylic acids is 1. The average Bonchev–Trinajstić information content (AvgIpc) is 3.08. The molecule has 1 saturated heterocycles. The zero-order chi connectivity index (χ0) is 18.4. The standard InChI is InChI=1S/C18H23NO5S/c1-12(16(20)19-11-5-8-14(19)17(21)22)25-15(18(23)24)10-9-13-6-3-2-4-7-13/h2-4,6-7,12,14-15H,5,8-11H2,1H3,(H,21,22)(H,23,24)/t12?,14-,15?/m0/s1. The number of carbonyl (C=O) groups is 3. The normalized spacial score (nSPS) is 19.4. The summed E-state index contributed by atoms with van der Waals surface area (Å²) in [4.78, 5) is 36.7. The molecule has 3 atom stereocenters. The summed E-state index contributed by atoms with van der Waals surface area (Å²) in [5.41, 5.74) is 1.05. The Labute approximate surface area is 151 Å². The van der Waals surface area contributed by atoms with Crippen molar-refractivity contribution in [2.45, 2.75) is 49.1 Å². The molecule has 0 aromatic heterocycles. The zero-order valence-corrected chi connectivity index (χ0v) is 14.9. The van der Waals surface area contributed by atoms with Gasteiger partial charge in [0.1, 0.15) is 11.3 Å². The van der Waals surface area contributed by atoms with Gasteiger partial charge in [0.15, 0.2) is 0 Å². The van der Waals surface area contributed by atoms with Crippen molar-refractivity contribution in [2.24, 2.45) is 0 Å². The molecule has 1 heterocycles. The van der Waals surface area contributed by atoms with Gasteiger partial charge in [-0.3, -0.25) is 9.59 Å². The summed E-state index contributed by atoms with van der Waals surface area (Å²) >= 11 is 1.10. The Balaban J connectivity index is 1.95. The van der Waals surface area contributed by atoms with E-state index in [1.807, 2.05) is 30.3 Å². The summed E-state index contributed by atoms with van der Waals surface area (Å²) in [5.74, 6) is -2.24. The lowest BCUT2D eigenvalue weighted by atomic mass is 10.1. The molecule has 2 unspecified atom stereocenters. The monoisotopic (exact) mass is 365 g/mol. The third kappa shape index (κ3) is 5.22. The predicted octanol–water partition coefficient (Wildman–Crippen LogP) is 2.27. The number of likely N-dealkylation sites (tertiary alicyclic amines) is 1. The van der Waals surface area contributed by atoms with E-state index in [1.54, 1.807) is 6.92 Å². The fourth-order valence-corrected chi connectivity index (χ4v) is 4.13. The molecular formula is C18H23NO5S. The zero-order valence-electron chi connectivity index (χ0n) is 14.1. The highest BCUT2D eigenvalue weighted by Crippen LogP contribution is 2.27. The van der Waals surface area contributed by atoms with Crippen LogP contribution in [-0.2, 0) is 20.8 Å². The van der Waals surface area contributed by atoms with Crippen LogP contribution in [0.2, 0.25) is 0 Å². The highest BCUT2D eigenvalue weighted by molar-refractivity contribution is 8.01. The summed E-state index contributed by atoms with van der Waals surface area (Å²) in [6.07, 6.45) is 2.16. The largest absolute Gasteiger partial charge is 0.480 e. The van der Waals surface area contributed by atoms with Crippen LogP contribution in [0.15, 0.2) is 30.3 Å². The molecule has 0 spiro atoms. The third-order valence-electron chi connectivity index (χ3n) is 4.35. The molecule has 1 fully saturated rings. The quantitative estimate of drug-likeness (QED) is 0.734. The molecule has 1 aliphatic heterocycles. The molecule has 1 aromatic carbocycles. The Kier molecular flexibility index (Phi) is 6.87. The van der Waals surface area contributed by atoms with Crippen molar-refractivity contribution in [2.75, 3.05) is 6.54 Å². The maximum absolute atomic E-state index is 12.5. The van der Waals surface area contributed by atoms with E-state index in [1.165, 1.54) is 4.90 Å². The fraction of sp³-hybridized carbons (Fsp3) is 0.500. The molecule has 6 nitrogen and oxygen atoms in total.